The predicted octanol–water partition coefficient (Wildman–Crippen LogP) is 3.93. The monoisotopic (exact) mass is 283 g/mol. The number of aromatic nitrogens is 2. The van der Waals surface area contributed by atoms with Crippen LogP contribution in [-0.4, -0.2) is 15.8 Å². The Morgan fingerprint density at radius 3 is 2.76 bits per heavy atom. The summed E-state index contributed by atoms with van der Waals surface area (Å²) in [6, 6.07) is 11.3. The molecule has 0 aliphatic heterocycles. The zero-order valence-corrected chi connectivity index (χ0v) is 12.8. The zero-order valence-electron chi connectivity index (χ0n) is 12.8. The van der Waals surface area contributed by atoms with E-state index in [-0.39, 0.29) is 0 Å². The molecule has 0 spiro atoms. The third kappa shape index (κ3) is 3.94. The van der Waals surface area contributed by atoms with Crippen LogP contribution < -0.4 is 5.32 Å². The lowest BCUT2D eigenvalue weighted by atomic mass is 10.0. The van der Waals surface area contributed by atoms with Crippen LogP contribution in [0.4, 0.5) is 0 Å². The van der Waals surface area contributed by atoms with Crippen LogP contribution in [0.2, 0.25) is 0 Å². The van der Waals surface area contributed by atoms with Crippen molar-refractivity contribution in [2.24, 2.45) is 5.92 Å². The van der Waals surface area contributed by atoms with E-state index >= 15 is 0 Å². The molecule has 0 saturated heterocycles. The maximum absolute atomic E-state index is 4.25. The van der Waals surface area contributed by atoms with Crippen molar-refractivity contribution in [2.75, 3.05) is 0 Å². The molecule has 3 rings (SSSR count). The van der Waals surface area contributed by atoms with Crippen molar-refractivity contribution < 1.29 is 0 Å². The van der Waals surface area contributed by atoms with Gasteiger partial charge in [0.05, 0.1) is 5.69 Å². The molecule has 1 aromatic carbocycles. The van der Waals surface area contributed by atoms with Crippen molar-refractivity contribution in [3.8, 4) is 5.69 Å². The Labute approximate surface area is 127 Å². The second-order valence-electron chi connectivity index (χ2n) is 6.31. The maximum Gasteiger partial charge on any atom is 0.0645 e. The Bertz CT molecular complexity index is 530. The van der Waals surface area contributed by atoms with Crippen LogP contribution in [0.3, 0.4) is 0 Å². The van der Waals surface area contributed by atoms with Crippen molar-refractivity contribution >= 4 is 0 Å². The first kappa shape index (κ1) is 14.3. The molecule has 3 nitrogen and oxygen atoms in total. The number of benzene rings is 1. The van der Waals surface area contributed by atoms with Crippen molar-refractivity contribution in [1.29, 1.82) is 0 Å². The van der Waals surface area contributed by atoms with Crippen molar-refractivity contribution in [3.63, 3.8) is 0 Å². The van der Waals surface area contributed by atoms with Crippen molar-refractivity contribution in [3.05, 3.63) is 48.3 Å². The highest BCUT2D eigenvalue weighted by molar-refractivity contribution is 5.33. The summed E-state index contributed by atoms with van der Waals surface area (Å²) in [6.45, 7) is 3.36. The van der Waals surface area contributed by atoms with Gasteiger partial charge in [-0.3, -0.25) is 0 Å². The van der Waals surface area contributed by atoms with E-state index in [4.69, 9.17) is 0 Å². The summed E-state index contributed by atoms with van der Waals surface area (Å²) in [7, 11) is 0. The molecule has 1 aliphatic rings. The summed E-state index contributed by atoms with van der Waals surface area (Å²) in [5.74, 6) is 0.908. The molecule has 2 atom stereocenters. The molecule has 0 bridgehead atoms. The van der Waals surface area contributed by atoms with Crippen LogP contribution >= 0.6 is 0 Å². The lowest BCUT2D eigenvalue weighted by molar-refractivity contribution is 0.447. The average Bonchev–Trinajstić information content (AvgIpc) is 2.96. The normalized spacial score (nSPS) is 22.9. The van der Waals surface area contributed by atoms with Gasteiger partial charge in [-0.25, -0.2) is 4.68 Å². The molecule has 1 aromatic heterocycles. The van der Waals surface area contributed by atoms with E-state index in [1.165, 1.54) is 37.7 Å². The summed E-state index contributed by atoms with van der Waals surface area (Å²) in [5.41, 5.74) is 2.47. The predicted molar refractivity (Wildman–Crippen MR) is 86.4 cm³/mol. The van der Waals surface area contributed by atoms with Crippen LogP contribution in [0.1, 0.15) is 44.6 Å². The number of nitrogens with one attached hydrogen (secondary N) is 1. The molecule has 1 aliphatic carbocycles. The summed E-state index contributed by atoms with van der Waals surface area (Å²) in [6.07, 6.45) is 10.6. The molecule has 2 unspecified atom stereocenters. The summed E-state index contributed by atoms with van der Waals surface area (Å²) < 4.78 is 1.89. The topological polar surface area (TPSA) is 29.9 Å². The number of hydrogen-bond donors (Lipinski definition) is 1. The van der Waals surface area contributed by atoms with Crippen LogP contribution in [0, 0.1) is 5.92 Å². The van der Waals surface area contributed by atoms with E-state index in [1.54, 1.807) is 0 Å². The Morgan fingerprint density at radius 1 is 1.14 bits per heavy atom. The van der Waals surface area contributed by atoms with Crippen LogP contribution in [0.25, 0.3) is 5.69 Å². The maximum atomic E-state index is 4.25. The van der Waals surface area contributed by atoms with E-state index in [0.29, 0.717) is 6.04 Å². The fraction of sp³-hybridized carbons (Fsp3) is 0.500. The fourth-order valence-corrected chi connectivity index (χ4v) is 3.14. The molecule has 3 heteroatoms. The molecule has 0 amide bonds. The highest BCUT2D eigenvalue weighted by Crippen LogP contribution is 2.22. The first-order valence-electron chi connectivity index (χ1n) is 8.13. The Balaban J connectivity index is 1.53. The largest absolute Gasteiger partial charge is 0.310 e. The van der Waals surface area contributed by atoms with E-state index < -0.39 is 0 Å². The van der Waals surface area contributed by atoms with Crippen LogP contribution in [0.5, 0.6) is 0 Å². The van der Waals surface area contributed by atoms with Gasteiger partial charge in [-0.05, 0) is 48.9 Å². The lowest BCUT2D eigenvalue weighted by Crippen LogP contribution is -2.27. The van der Waals surface area contributed by atoms with Gasteiger partial charge in [0.2, 0.25) is 0 Å². The molecule has 1 N–H and O–H groups in total. The SMILES string of the molecule is CC1CCCC(NCc2ccc(-n3cccn3)cc2)CC1. The first-order valence-corrected chi connectivity index (χ1v) is 8.13. The molecule has 1 heterocycles. The van der Waals surface area contributed by atoms with Gasteiger partial charge in [0.15, 0.2) is 0 Å². The smallest absolute Gasteiger partial charge is 0.0645 e. The van der Waals surface area contributed by atoms with E-state index in [9.17, 15) is 0 Å². The molecule has 1 saturated carbocycles. The molecule has 0 radical (unpaired) electrons. The molecule has 21 heavy (non-hydrogen) atoms. The molecular weight excluding hydrogens is 258 g/mol. The number of nitrogens with zero attached hydrogens (tertiary/aromatic N) is 2. The highest BCUT2D eigenvalue weighted by atomic mass is 15.3. The standard InChI is InChI=1S/C18H25N3/c1-15-4-2-5-17(9-6-15)19-14-16-7-10-18(11-8-16)21-13-3-12-20-21/h3,7-8,10-13,15,17,19H,2,4-6,9,14H2,1H3. The van der Waals surface area contributed by atoms with Crippen molar-refractivity contribution in [1.82, 2.24) is 15.1 Å². The quantitative estimate of drug-likeness (QED) is 0.862. The summed E-state index contributed by atoms with van der Waals surface area (Å²) in [4.78, 5) is 0. The highest BCUT2D eigenvalue weighted by Gasteiger charge is 2.15. The molecule has 1 fully saturated rings. The molecule has 2 aromatic rings. The van der Waals surface area contributed by atoms with Gasteiger partial charge >= 0.3 is 0 Å². The van der Waals surface area contributed by atoms with E-state index in [2.05, 4.69) is 41.6 Å². The minimum absolute atomic E-state index is 0.695. The lowest BCUT2D eigenvalue weighted by Gasteiger charge is -2.16. The fourth-order valence-electron chi connectivity index (χ4n) is 3.14. The molecule has 112 valence electrons. The Kier molecular flexibility index (Phi) is 4.71. The van der Waals surface area contributed by atoms with Gasteiger partial charge in [0.25, 0.3) is 0 Å². The van der Waals surface area contributed by atoms with Gasteiger partial charge in [-0.2, -0.15) is 5.10 Å². The Morgan fingerprint density at radius 2 is 2.00 bits per heavy atom. The summed E-state index contributed by atoms with van der Waals surface area (Å²) in [5, 5.41) is 7.98. The summed E-state index contributed by atoms with van der Waals surface area (Å²) >= 11 is 0. The average molecular weight is 283 g/mol. The van der Waals surface area contributed by atoms with Gasteiger partial charge in [-0.1, -0.05) is 31.9 Å². The van der Waals surface area contributed by atoms with Crippen LogP contribution in [-0.2, 0) is 6.54 Å². The minimum atomic E-state index is 0.695. The Hall–Kier alpha value is -1.61. The number of hydrogen-bond acceptors (Lipinski definition) is 2. The minimum Gasteiger partial charge on any atom is -0.310 e. The van der Waals surface area contributed by atoms with Crippen LogP contribution in [0.15, 0.2) is 42.7 Å². The van der Waals surface area contributed by atoms with Gasteiger partial charge in [0.1, 0.15) is 0 Å². The van der Waals surface area contributed by atoms with Crippen molar-refractivity contribution in [2.45, 2.75) is 51.6 Å². The second kappa shape index (κ2) is 6.90. The third-order valence-corrected chi connectivity index (χ3v) is 4.56. The number of rotatable bonds is 4. The first-order chi connectivity index (χ1) is 10.3. The van der Waals surface area contributed by atoms with E-state index in [1.807, 2.05) is 23.1 Å². The van der Waals surface area contributed by atoms with Gasteiger partial charge < -0.3 is 5.32 Å². The zero-order chi connectivity index (χ0) is 14.5. The molecular formula is C18H25N3. The third-order valence-electron chi connectivity index (χ3n) is 4.56. The van der Waals surface area contributed by atoms with Gasteiger partial charge in [-0.15, -0.1) is 0 Å². The second-order valence-corrected chi connectivity index (χ2v) is 6.31. The van der Waals surface area contributed by atoms with E-state index in [0.717, 1.165) is 18.2 Å². The van der Waals surface area contributed by atoms with Gasteiger partial charge in [0, 0.05) is 25.0 Å².